The van der Waals surface area contributed by atoms with Gasteiger partial charge in [-0.25, -0.2) is 0 Å². The number of hydrogen-bond donors (Lipinski definition) is 0. The van der Waals surface area contributed by atoms with Gasteiger partial charge < -0.3 is 0 Å². The van der Waals surface area contributed by atoms with Crippen molar-refractivity contribution < 1.29 is 0 Å². The Labute approximate surface area is 244 Å². The molecule has 0 heteroatoms. The monoisotopic (exact) mass is 528 g/mol. The first kappa shape index (κ1) is 25.5. The molecule has 200 valence electrons. The molecule has 1 aliphatic rings. The third-order valence-electron chi connectivity index (χ3n) is 9.06. The van der Waals surface area contributed by atoms with Crippen LogP contribution in [0.3, 0.4) is 0 Å². The SMILES string of the molecule is C[C@@H]1C[C@@H](C=C(c2ccccc2)c2ccccc2)c2ccc(c3ccccc23)CCCc2ccc1c1ccccc21. The molecule has 0 saturated heterocycles. The number of allylic oxidation sites excluding steroid dienone is 1. The molecule has 4 bridgehead atoms. The van der Waals surface area contributed by atoms with Crippen molar-refractivity contribution in [2.24, 2.45) is 0 Å². The van der Waals surface area contributed by atoms with Gasteiger partial charge in [0.1, 0.15) is 0 Å². The van der Waals surface area contributed by atoms with Crippen LogP contribution in [0.15, 0.2) is 140 Å². The fourth-order valence-electron chi connectivity index (χ4n) is 7.02. The molecule has 2 atom stereocenters. The third kappa shape index (κ3) is 5.00. The van der Waals surface area contributed by atoms with Gasteiger partial charge in [0.15, 0.2) is 0 Å². The lowest BCUT2D eigenvalue weighted by Crippen LogP contribution is -2.07. The second-order valence-electron chi connectivity index (χ2n) is 11.6. The van der Waals surface area contributed by atoms with Gasteiger partial charge in [-0.2, -0.15) is 0 Å². The summed E-state index contributed by atoms with van der Waals surface area (Å²) in [5.41, 5.74) is 9.66. The molecular weight excluding hydrogens is 492 g/mol. The Morgan fingerprint density at radius 3 is 1.54 bits per heavy atom. The molecule has 0 N–H and O–H groups in total. The minimum Gasteiger partial charge on any atom is -0.0685 e. The number of hydrogen-bond acceptors (Lipinski definition) is 0. The zero-order chi connectivity index (χ0) is 27.6. The van der Waals surface area contributed by atoms with E-state index in [1.54, 1.807) is 0 Å². The topological polar surface area (TPSA) is 0 Å². The van der Waals surface area contributed by atoms with Crippen LogP contribution < -0.4 is 0 Å². The first-order valence-corrected chi connectivity index (χ1v) is 15.1. The number of rotatable bonds is 3. The fraction of sp³-hybridized carbons (Fsp3) is 0.171. The van der Waals surface area contributed by atoms with E-state index in [1.807, 2.05) is 0 Å². The predicted molar refractivity (Wildman–Crippen MR) is 176 cm³/mol. The number of aryl methyl sites for hydroxylation is 2. The van der Waals surface area contributed by atoms with Gasteiger partial charge >= 0.3 is 0 Å². The van der Waals surface area contributed by atoms with Crippen molar-refractivity contribution in [2.45, 2.75) is 44.4 Å². The average molecular weight is 529 g/mol. The molecule has 1 aliphatic carbocycles. The smallest absolute Gasteiger partial charge is 0.00392 e. The standard InChI is InChI=1S/C41H36/c1-29-27-34(28-41(30-13-4-2-5-14-30)31-15-6-3-7-16-31)38-26-24-33(37-20-9-11-22-40(37)38)18-12-17-32-23-25-35(29)39-21-10-8-19-36(32)39/h2-11,13-16,19-26,28-29,34H,12,17-18,27H2,1H3/t29-,34+/m1/s1. The van der Waals surface area contributed by atoms with Crippen LogP contribution in [-0.2, 0) is 12.8 Å². The van der Waals surface area contributed by atoms with Crippen molar-refractivity contribution in [2.75, 3.05) is 0 Å². The van der Waals surface area contributed by atoms with E-state index in [0.29, 0.717) is 5.92 Å². The molecule has 0 aromatic heterocycles. The summed E-state index contributed by atoms with van der Waals surface area (Å²) < 4.78 is 0. The molecule has 0 nitrogen and oxygen atoms in total. The zero-order valence-electron chi connectivity index (χ0n) is 23.8. The molecular formula is C41H36. The molecule has 0 amide bonds. The fourth-order valence-corrected chi connectivity index (χ4v) is 7.02. The van der Waals surface area contributed by atoms with E-state index in [4.69, 9.17) is 0 Å². The highest BCUT2D eigenvalue weighted by atomic mass is 14.3. The molecule has 0 aliphatic heterocycles. The van der Waals surface area contributed by atoms with Gasteiger partial charge in [0, 0.05) is 5.92 Å². The van der Waals surface area contributed by atoms with Crippen molar-refractivity contribution in [3.63, 3.8) is 0 Å². The summed E-state index contributed by atoms with van der Waals surface area (Å²) in [7, 11) is 0. The maximum Gasteiger partial charge on any atom is 0.00392 e. The molecule has 0 unspecified atom stereocenters. The van der Waals surface area contributed by atoms with Gasteiger partial charge in [-0.1, -0.05) is 146 Å². The summed E-state index contributed by atoms with van der Waals surface area (Å²) in [5.74, 6) is 0.644. The highest BCUT2D eigenvalue weighted by Gasteiger charge is 2.22. The maximum absolute atomic E-state index is 2.56. The minimum absolute atomic E-state index is 0.251. The molecule has 6 aromatic rings. The van der Waals surface area contributed by atoms with Crippen LogP contribution in [0.4, 0.5) is 0 Å². The summed E-state index contributed by atoms with van der Waals surface area (Å²) in [6.07, 6.45) is 6.94. The van der Waals surface area contributed by atoms with Crippen molar-refractivity contribution in [3.05, 3.63) is 173 Å². The molecule has 0 heterocycles. The van der Waals surface area contributed by atoms with E-state index in [2.05, 4.69) is 146 Å². The molecule has 0 spiro atoms. The van der Waals surface area contributed by atoms with Crippen molar-refractivity contribution in [1.29, 1.82) is 0 Å². The van der Waals surface area contributed by atoms with E-state index < -0.39 is 0 Å². The zero-order valence-corrected chi connectivity index (χ0v) is 23.8. The van der Waals surface area contributed by atoms with E-state index in [1.165, 1.54) is 60.5 Å². The van der Waals surface area contributed by atoms with E-state index in [9.17, 15) is 0 Å². The van der Waals surface area contributed by atoms with Crippen molar-refractivity contribution in [1.82, 2.24) is 0 Å². The highest BCUT2D eigenvalue weighted by molar-refractivity contribution is 5.91. The number of benzene rings is 6. The predicted octanol–water partition coefficient (Wildman–Crippen LogP) is 10.9. The molecule has 6 aromatic carbocycles. The summed E-state index contributed by atoms with van der Waals surface area (Å²) in [4.78, 5) is 0. The van der Waals surface area contributed by atoms with E-state index in [0.717, 1.165) is 25.7 Å². The van der Waals surface area contributed by atoms with Gasteiger partial charge in [0.25, 0.3) is 0 Å². The molecule has 41 heavy (non-hydrogen) atoms. The Balaban J connectivity index is 1.47. The summed E-state index contributed by atoms with van der Waals surface area (Å²) in [6.45, 7) is 2.43. The van der Waals surface area contributed by atoms with Crippen LogP contribution in [0.1, 0.15) is 65.0 Å². The number of fused-ring (bicyclic) bond motifs is 12. The van der Waals surface area contributed by atoms with E-state index >= 15 is 0 Å². The molecule has 7 rings (SSSR count). The third-order valence-corrected chi connectivity index (χ3v) is 9.06. The lowest BCUT2D eigenvalue weighted by Gasteiger charge is -2.25. The first-order valence-electron chi connectivity index (χ1n) is 15.1. The normalized spacial score (nSPS) is 17.0. The van der Waals surface area contributed by atoms with E-state index in [-0.39, 0.29) is 5.92 Å². The quantitative estimate of drug-likeness (QED) is 0.214. The van der Waals surface area contributed by atoms with Gasteiger partial charge in [-0.3, -0.25) is 0 Å². The lowest BCUT2D eigenvalue weighted by molar-refractivity contribution is 0.635. The van der Waals surface area contributed by atoms with Crippen LogP contribution in [0.25, 0.3) is 27.1 Å². The Bertz CT molecular complexity index is 1800. The lowest BCUT2D eigenvalue weighted by atomic mass is 9.79. The Morgan fingerprint density at radius 2 is 0.976 bits per heavy atom. The van der Waals surface area contributed by atoms with Gasteiger partial charge in [0.2, 0.25) is 0 Å². The second kappa shape index (κ2) is 11.2. The molecule has 0 fully saturated rings. The van der Waals surface area contributed by atoms with Crippen molar-refractivity contribution >= 4 is 27.1 Å². The van der Waals surface area contributed by atoms with Gasteiger partial charge in [0.05, 0.1) is 0 Å². The Kier molecular flexibility index (Phi) is 6.99. The molecule has 0 saturated carbocycles. The maximum atomic E-state index is 2.56. The van der Waals surface area contributed by atoms with Crippen LogP contribution in [0.2, 0.25) is 0 Å². The first-order chi connectivity index (χ1) is 20.3. The second-order valence-corrected chi connectivity index (χ2v) is 11.6. The van der Waals surface area contributed by atoms with Crippen LogP contribution >= 0.6 is 0 Å². The Morgan fingerprint density at radius 1 is 0.512 bits per heavy atom. The molecule has 0 radical (unpaired) electrons. The largest absolute Gasteiger partial charge is 0.0685 e. The van der Waals surface area contributed by atoms with Crippen LogP contribution in [0, 0.1) is 0 Å². The Hall–Kier alpha value is -4.42. The van der Waals surface area contributed by atoms with Crippen LogP contribution in [0.5, 0.6) is 0 Å². The minimum atomic E-state index is 0.251. The summed E-state index contributed by atoms with van der Waals surface area (Å²) in [5, 5.41) is 5.65. The van der Waals surface area contributed by atoms with Gasteiger partial charge in [-0.15, -0.1) is 0 Å². The summed E-state index contributed by atoms with van der Waals surface area (Å²) >= 11 is 0. The van der Waals surface area contributed by atoms with Crippen LogP contribution in [-0.4, -0.2) is 0 Å². The average Bonchev–Trinajstić information content (AvgIpc) is 3.03. The summed E-state index contributed by atoms with van der Waals surface area (Å²) in [6, 6.07) is 49.7. The van der Waals surface area contributed by atoms with Gasteiger partial charge in [-0.05, 0) is 92.1 Å². The highest BCUT2D eigenvalue weighted by Crippen LogP contribution is 2.41. The van der Waals surface area contributed by atoms with Crippen molar-refractivity contribution in [3.8, 4) is 0 Å².